The molecule has 0 unspecified atom stereocenters. The topological polar surface area (TPSA) is 65.4 Å². The molecule has 1 aliphatic heterocycles. The van der Waals surface area contributed by atoms with Crippen molar-refractivity contribution in [1.82, 2.24) is 9.88 Å². The van der Waals surface area contributed by atoms with Crippen molar-refractivity contribution in [2.24, 2.45) is 0 Å². The summed E-state index contributed by atoms with van der Waals surface area (Å²) in [5, 5.41) is 11.3. The number of nitro groups is 1. The Morgan fingerprint density at radius 1 is 0.964 bits per heavy atom. The molecular formula is C22H24N4O2. The van der Waals surface area contributed by atoms with Crippen LogP contribution in [0.3, 0.4) is 0 Å². The first kappa shape index (κ1) is 18.3. The summed E-state index contributed by atoms with van der Waals surface area (Å²) < 4.78 is 0. The highest BCUT2D eigenvalue weighted by Crippen LogP contribution is 2.34. The average molecular weight is 376 g/mol. The van der Waals surface area contributed by atoms with Gasteiger partial charge >= 0.3 is 0 Å². The lowest BCUT2D eigenvalue weighted by atomic mass is 9.99. The molecule has 28 heavy (non-hydrogen) atoms. The van der Waals surface area contributed by atoms with E-state index in [-0.39, 0.29) is 10.6 Å². The zero-order valence-electron chi connectivity index (χ0n) is 16.2. The normalized spacial score (nSPS) is 15.0. The summed E-state index contributed by atoms with van der Waals surface area (Å²) in [6.45, 7) is 5.99. The molecule has 0 radical (unpaired) electrons. The van der Waals surface area contributed by atoms with Gasteiger partial charge in [-0.15, -0.1) is 0 Å². The van der Waals surface area contributed by atoms with Gasteiger partial charge in [-0.2, -0.15) is 0 Å². The molecule has 144 valence electrons. The molecule has 6 heteroatoms. The summed E-state index contributed by atoms with van der Waals surface area (Å²) in [4.78, 5) is 19.0. The lowest BCUT2D eigenvalue weighted by Gasteiger charge is -2.34. The molecule has 1 saturated heterocycles. The maximum Gasteiger partial charge on any atom is 0.272 e. The third-order valence-electron chi connectivity index (χ3n) is 5.49. The van der Waals surface area contributed by atoms with Crippen LogP contribution in [0.25, 0.3) is 22.4 Å². The molecule has 2 heterocycles. The van der Waals surface area contributed by atoms with E-state index in [0.29, 0.717) is 5.56 Å². The average Bonchev–Trinajstić information content (AvgIpc) is 3.19. The van der Waals surface area contributed by atoms with Gasteiger partial charge in [0.15, 0.2) is 0 Å². The number of benzene rings is 2. The number of aromatic nitrogens is 1. The number of nitrogens with zero attached hydrogens (tertiary/aromatic N) is 3. The molecule has 0 aliphatic carbocycles. The molecule has 4 rings (SSSR count). The molecule has 1 aromatic heterocycles. The Bertz CT molecular complexity index is 986. The van der Waals surface area contributed by atoms with E-state index in [4.69, 9.17) is 0 Å². The monoisotopic (exact) mass is 376 g/mol. The first-order valence-corrected chi connectivity index (χ1v) is 9.49. The second-order valence-corrected chi connectivity index (χ2v) is 7.36. The highest BCUT2D eigenvalue weighted by atomic mass is 16.6. The summed E-state index contributed by atoms with van der Waals surface area (Å²) in [7, 11) is 2.16. The fraction of sp³-hybridized carbons (Fsp3) is 0.273. The maximum atomic E-state index is 11.3. The minimum Gasteiger partial charge on any atom is -0.369 e. The molecule has 6 nitrogen and oxygen atoms in total. The second kappa shape index (κ2) is 7.48. The van der Waals surface area contributed by atoms with Gasteiger partial charge < -0.3 is 14.8 Å². The van der Waals surface area contributed by atoms with Crippen LogP contribution in [0, 0.1) is 17.0 Å². The third-order valence-corrected chi connectivity index (χ3v) is 5.49. The summed E-state index contributed by atoms with van der Waals surface area (Å²) in [6.07, 6.45) is 1.88. The van der Waals surface area contributed by atoms with Crippen molar-refractivity contribution >= 4 is 11.4 Å². The van der Waals surface area contributed by atoms with Gasteiger partial charge in [0.25, 0.3) is 5.69 Å². The quantitative estimate of drug-likeness (QED) is 0.544. The van der Waals surface area contributed by atoms with E-state index in [0.717, 1.165) is 48.6 Å². The van der Waals surface area contributed by atoms with Crippen molar-refractivity contribution in [1.29, 1.82) is 0 Å². The van der Waals surface area contributed by atoms with E-state index in [1.807, 2.05) is 18.3 Å². The fourth-order valence-corrected chi connectivity index (χ4v) is 3.73. The molecule has 0 spiro atoms. The number of anilines is 1. The van der Waals surface area contributed by atoms with E-state index in [1.54, 1.807) is 19.1 Å². The lowest BCUT2D eigenvalue weighted by Crippen LogP contribution is -2.44. The third kappa shape index (κ3) is 3.51. The van der Waals surface area contributed by atoms with Gasteiger partial charge in [-0.05, 0) is 43.3 Å². The van der Waals surface area contributed by atoms with E-state index in [2.05, 4.69) is 46.1 Å². The molecule has 2 aromatic carbocycles. The Morgan fingerprint density at radius 2 is 1.64 bits per heavy atom. The van der Waals surface area contributed by atoms with Crippen LogP contribution in [0.4, 0.5) is 11.4 Å². The number of aromatic amines is 1. The van der Waals surface area contributed by atoms with Crippen LogP contribution in [-0.4, -0.2) is 48.0 Å². The summed E-state index contributed by atoms with van der Waals surface area (Å²) in [5.41, 5.74) is 5.91. The Labute approximate surface area is 164 Å². The largest absolute Gasteiger partial charge is 0.369 e. The number of rotatable bonds is 4. The summed E-state index contributed by atoms with van der Waals surface area (Å²) in [6, 6.07) is 15.9. The van der Waals surface area contributed by atoms with Crippen LogP contribution in [0.1, 0.15) is 5.56 Å². The van der Waals surface area contributed by atoms with E-state index >= 15 is 0 Å². The zero-order valence-corrected chi connectivity index (χ0v) is 16.2. The van der Waals surface area contributed by atoms with Gasteiger partial charge in [-0.3, -0.25) is 10.1 Å². The van der Waals surface area contributed by atoms with Crippen LogP contribution in [0.5, 0.6) is 0 Å². The highest BCUT2D eigenvalue weighted by molar-refractivity contribution is 5.82. The number of hydrogen-bond acceptors (Lipinski definition) is 4. The Hall–Kier alpha value is -3.12. The molecular weight excluding hydrogens is 352 g/mol. The Kier molecular flexibility index (Phi) is 4.88. The number of aryl methyl sites for hydroxylation is 1. The van der Waals surface area contributed by atoms with Crippen LogP contribution in [-0.2, 0) is 0 Å². The van der Waals surface area contributed by atoms with Crippen LogP contribution in [0.2, 0.25) is 0 Å². The number of nitrogens with one attached hydrogen (secondary N) is 1. The van der Waals surface area contributed by atoms with E-state index < -0.39 is 0 Å². The van der Waals surface area contributed by atoms with Gasteiger partial charge in [-0.1, -0.05) is 24.3 Å². The first-order valence-electron chi connectivity index (χ1n) is 9.49. The van der Waals surface area contributed by atoms with Crippen molar-refractivity contribution in [3.8, 4) is 22.4 Å². The second-order valence-electron chi connectivity index (χ2n) is 7.36. The highest BCUT2D eigenvalue weighted by Gasteiger charge is 2.17. The van der Waals surface area contributed by atoms with Crippen LogP contribution in [0.15, 0.2) is 54.7 Å². The molecule has 0 atom stereocenters. The van der Waals surface area contributed by atoms with Crippen molar-refractivity contribution in [2.45, 2.75) is 6.92 Å². The maximum absolute atomic E-state index is 11.3. The predicted molar refractivity (Wildman–Crippen MR) is 113 cm³/mol. The summed E-state index contributed by atoms with van der Waals surface area (Å²) >= 11 is 0. The van der Waals surface area contributed by atoms with Gasteiger partial charge in [0.1, 0.15) is 0 Å². The van der Waals surface area contributed by atoms with Gasteiger partial charge in [0.05, 0.1) is 10.6 Å². The fourth-order valence-electron chi connectivity index (χ4n) is 3.73. The predicted octanol–water partition coefficient (Wildman–Crippen LogP) is 4.32. The van der Waals surface area contributed by atoms with E-state index in [9.17, 15) is 10.1 Å². The number of nitro benzene ring substituents is 1. The molecule has 0 amide bonds. The zero-order chi connectivity index (χ0) is 19.7. The molecule has 0 bridgehead atoms. The molecule has 0 saturated carbocycles. The smallest absolute Gasteiger partial charge is 0.272 e. The Balaban J connectivity index is 1.63. The Morgan fingerprint density at radius 3 is 2.32 bits per heavy atom. The van der Waals surface area contributed by atoms with Crippen molar-refractivity contribution < 1.29 is 4.92 Å². The molecule has 1 N–H and O–H groups in total. The molecule has 1 fully saturated rings. The minimum absolute atomic E-state index is 0.148. The van der Waals surface area contributed by atoms with Crippen molar-refractivity contribution in [3.63, 3.8) is 0 Å². The number of hydrogen-bond donors (Lipinski definition) is 1. The molecule has 3 aromatic rings. The van der Waals surface area contributed by atoms with Gasteiger partial charge in [0.2, 0.25) is 0 Å². The number of piperazine rings is 1. The van der Waals surface area contributed by atoms with Crippen molar-refractivity contribution in [3.05, 3.63) is 70.4 Å². The number of likely N-dealkylation sites (N-methyl/N-ethyl adjacent to an activating group) is 1. The van der Waals surface area contributed by atoms with Crippen LogP contribution < -0.4 is 4.90 Å². The van der Waals surface area contributed by atoms with Crippen LogP contribution >= 0.6 is 0 Å². The van der Waals surface area contributed by atoms with Gasteiger partial charge in [0, 0.05) is 55.3 Å². The minimum atomic E-state index is -0.323. The first-order chi connectivity index (χ1) is 13.5. The van der Waals surface area contributed by atoms with E-state index in [1.165, 1.54) is 5.69 Å². The standard InChI is InChI=1S/C22H24N4O2/c1-16-3-4-18(15-21(16)26(27)28)20-9-10-23-22(20)17-5-7-19(8-6-17)25-13-11-24(2)12-14-25/h3-10,15,23H,11-14H2,1-2H3. The lowest BCUT2D eigenvalue weighted by molar-refractivity contribution is -0.385. The molecule has 1 aliphatic rings. The summed E-state index contributed by atoms with van der Waals surface area (Å²) in [5.74, 6) is 0. The number of H-pyrrole nitrogens is 1. The SMILES string of the molecule is Cc1ccc(-c2cc[nH]c2-c2ccc(N3CCN(C)CC3)cc2)cc1[N+](=O)[O-]. The van der Waals surface area contributed by atoms with Gasteiger partial charge in [-0.25, -0.2) is 0 Å². The van der Waals surface area contributed by atoms with Crippen molar-refractivity contribution in [2.75, 3.05) is 38.1 Å².